The van der Waals surface area contributed by atoms with Gasteiger partial charge in [0.25, 0.3) is 0 Å². The van der Waals surface area contributed by atoms with E-state index in [9.17, 15) is 9.90 Å². The van der Waals surface area contributed by atoms with E-state index in [0.717, 1.165) is 32.2 Å². The van der Waals surface area contributed by atoms with Gasteiger partial charge in [-0.2, -0.15) is 0 Å². The number of carbonyl (C=O) groups excluding carboxylic acids is 1. The van der Waals surface area contributed by atoms with Crippen LogP contribution in [0.25, 0.3) is 0 Å². The van der Waals surface area contributed by atoms with Crippen molar-refractivity contribution in [2.45, 2.75) is 43.9 Å². The van der Waals surface area contributed by atoms with Gasteiger partial charge in [0, 0.05) is 12.0 Å². The highest BCUT2D eigenvalue weighted by Crippen LogP contribution is 2.47. The van der Waals surface area contributed by atoms with Crippen molar-refractivity contribution in [1.82, 2.24) is 0 Å². The van der Waals surface area contributed by atoms with E-state index >= 15 is 0 Å². The van der Waals surface area contributed by atoms with Gasteiger partial charge in [-0.1, -0.05) is 18.6 Å². The zero-order chi connectivity index (χ0) is 13.0. The van der Waals surface area contributed by atoms with Crippen LogP contribution in [0.1, 0.15) is 42.4 Å². The number of benzene rings is 1. The Balaban J connectivity index is 1.85. The molecule has 100 valence electrons. The molecule has 1 amide bonds. The topological polar surface area (TPSA) is 40.5 Å². The third-order valence-electron chi connectivity index (χ3n) is 5.23. The molecule has 19 heavy (non-hydrogen) atoms. The largest absolute Gasteiger partial charge is 0.395 e. The number of hydrogen-bond donors (Lipinski definition) is 1. The summed E-state index contributed by atoms with van der Waals surface area (Å²) in [5.74, 6) is 0.250. The lowest BCUT2D eigenvalue weighted by Crippen LogP contribution is -2.38. The van der Waals surface area contributed by atoms with Gasteiger partial charge in [0.2, 0.25) is 5.91 Å². The van der Waals surface area contributed by atoms with Crippen LogP contribution in [-0.2, 0) is 23.1 Å². The summed E-state index contributed by atoms with van der Waals surface area (Å²) in [6, 6.07) is 4.45. The average molecular weight is 257 g/mol. The predicted octanol–water partition coefficient (Wildman–Crippen LogP) is 1.94. The monoisotopic (exact) mass is 257 g/mol. The van der Waals surface area contributed by atoms with Gasteiger partial charge in [0.1, 0.15) is 0 Å². The van der Waals surface area contributed by atoms with Crippen LogP contribution in [0.5, 0.6) is 0 Å². The Morgan fingerprint density at radius 2 is 2.00 bits per heavy atom. The molecule has 0 bridgehead atoms. The number of rotatable bonds is 2. The summed E-state index contributed by atoms with van der Waals surface area (Å²) in [5, 5.41) is 9.74. The van der Waals surface area contributed by atoms with E-state index in [2.05, 4.69) is 12.1 Å². The van der Waals surface area contributed by atoms with E-state index in [4.69, 9.17) is 0 Å². The van der Waals surface area contributed by atoms with E-state index in [1.807, 2.05) is 4.90 Å². The zero-order valence-electron chi connectivity index (χ0n) is 11.1. The van der Waals surface area contributed by atoms with E-state index in [1.165, 1.54) is 28.8 Å². The second-order valence-electron chi connectivity index (χ2n) is 6.26. The number of anilines is 1. The van der Waals surface area contributed by atoms with Crippen LogP contribution in [0.4, 0.5) is 5.69 Å². The van der Waals surface area contributed by atoms with Gasteiger partial charge >= 0.3 is 0 Å². The summed E-state index contributed by atoms with van der Waals surface area (Å²) in [4.78, 5) is 14.0. The summed E-state index contributed by atoms with van der Waals surface area (Å²) < 4.78 is 0. The highest BCUT2D eigenvalue weighted by atomic mass is 16.3. The standard InChI is InChI=1S/C16H19NO2/c18-10-16(4-2-5-16)13-7-11-3-1-6-17-14(19)9-12(8-13)15(11)17/h7-8,18H,1-6,9-10H2. The molecule has 0 atom stereocenters. The van der Waals surface area contributed by atoms with Crippen molar-refractivity contribution in [3.05, 3.63) is 28.8 Å². The number of carbonyl (C=O) groups is 1. The van der Waals surface area contributed by atoms with Crippen molar-refractivity contribution < 1.29 is 9.90 Å². The van der Waals surface area contributed by atoms with Crippen molar-refractivity contribution in [3.8, 4) is 0 Å². The molecule has 3 nitrogen and oxygen atoms in total. The van der Waals surface area contributed by atoms with Gasteiger partial charge < -0.3 is 10.0 Å². The van der Waals surface area contributed by atoms with E-state index in [1.54, 1.807) is 0 Å². The molecule has 3 aliphatic rings. The minimum atomic E-state index is -0.0144. The van der Waals surface area contributed by atoms with E-state index < -0.39 is 0 Å². The number of nitrogens with zero attached hydrogens (tertiary/aromatic N) is 1. The fourth-order valence-corrected chi connectivity index (χ4v) is 3.93. The first-order chi connectivity index (χ1) is 9.23. The maximum absolute atomic E-state index is 12.0. The van der Waals surface area contributed by atoms with Gasteiger partial charge in [-0.3, -0.25) is 4.79 Å². The Labute approximate surface area is 113 Å². The second kappa shape index (κ2) is 3.83. The fourth-order valence-electron chi connectivity index (χ4n) is 3.93. The molecule has 0 radical (unpaired) electrons. The van der Waals surface area contributed by atoms with Crippen molar-refractivity contribution in [3.63, 3.8) is 0 Å². The van der Waals surface area contributed by atoms with Crippen LogP contribution in [0.15, 0.2) is 12.1 Å². The molecule has 1 N–H and O–H groups in total. The molecule has 1 fully saturated rings. The second-order valence-corrected chi connectivity index (χ2v) is 6.26. The molecule has 1 aliphatic carbocycles. The summed E-state index contributed by atoms with van der Waals surface area (Å²) in [6.45, 7) is 1.12. The lowest BCUT2D eigenvalue weighted by Gasteiger charge is -2.41. The number of aryl methyl sites for hydroxylation is 1. The first-order valence-electron chi connectivity index (χ1n) is 7.31. The fraction of sp³-hybridized carbons (Fsp3) is 0.562. The van der Waals surface area contributed by atoms with Crippen LogP contribution in [0.2, 0.25) is 0 Å². The maximum Gasteiger partial charge on any atom is 0.231 e. The number of aliphatic hydroxyl groups is 1. The Bertz CT molecular complexity index is 555. The molecule has 2 heterocycles. The molecule has 0 spiro atoms. The summed E-state index contributed by atoms with van der Waals surface area (Å²) in [7, 11) is 0. The van der Waals surface area contributed by atoms with Gasteiger partial charge in [0.15, 0.2) is 0 Å². The first-order valence-corrected chi connectivity index (χ1v) is 7.31. The Kier molecular flexibility index (Phi) is 2.31. The third-order valence-corrected chi connectivity index (χ3v) is 5.23. The SMILES string of the molecule is O=C1Cc2cc(C3(CO)CCC3)cc3c2N1CCC3. The van der Waals surface area contributed by atoms with Crippen molar-refractivity contribution in [1.29, 1.82) is 0 Å². The summed E-state index contributed by atoms with van der Waals surface area (Å²) in [6.07, 6.45) is 6.06. The summed E-state index contributed by atoms with van der Waals surface area (Å²) in [5.41, 5.74) is 4.96. The smallest absolute Gasteiger partial charge is 0.231 e. The zero-order valence-corrected chi connectivity index (χ0v) is 11.1. The van der Waals surface area contributed by atoms with Crippen molar-refractivity contribution in [2.75, 3.05) is 18.1 Å². The Morgan fingerprint density at radius 1 is 1.21 bits per heavy atom. The lowest BCUT2D eigenvalue weighted by atomic mass is 9.64. The molecular formula is C16H19NO2. The molecule has 1 aromatic carbocycles. The first kappa shape index (κ1) is 11.5. The number of aliphatic hydroxyl groups excluding tert-OH is 1. The van der Waals surface area contributed by atoms with Gasteiger partial charge in [-0.05, 0) is 42.4 Å². The third kappa shape index (κ3) is 1.45. The normalized spacial score (nSPS) is 23.2. The van der Waals surface area contributed by atoms with Crippen LogP contribution < -0.4 is 4.90 Å². The Morgan fingerprint density at radius 3 is 2.68 bits per heavy atom. The highest BCUT2D eigenvalue weighted by molar-refractivity contribution is 6.02. The molecule has 0 saturated heterocycles. The molecular weight excluding hydrogens is 238 g/mol. The van der Waals surface area contributed by atoms with Gasteiger partial charge in [0.05, 0.1) is 18.7 Å². The van der Waals surface area contributed by atoms with E-state index in [-0.39, 0.29) is 17.9 Å². The molecule has 0 unspecified atom stereocenters. The minimum Gasteiger partial charge on any atom is -0.395 e. The predicted molar refractivity (Wildman–Crippen MR) is 73.4 cm³/mol. The molecule has 3 heteroatoms. The molecule has 4 rings (SSSR count). The summed E-state index contributed by atoms with van der Waals surface area (Å²) >= 11 is 0. The quantitative estimate of drug-likeness (QED) is 0.879. The lowest BCUT2D eigenvalue weighted by molar-refractivity contribution is -0.117. The van der Waals surface area contributed by atoms with Crippen LogP contribution in [-0.4, -0.2) is 24.2 Å². The molecule has 1 aromatic rings. The average Bonchev–Trinajstić information content (AvgIpc) is 2.68. The van der Waals surface area contributed by atoms with E-state index in [0.29, 0.717) is 6.42 Å². The van der Waals surface area contributed by atoms with Crippen LogP contribution >= 0.6 is 0 Å². The van der Waals surface area contributed by atoms with Gasteiger partial charge in [-0.25, -0.2) is 0 Å². The highest BCUT2D eigenvalue weighted by Gasteiger charge is 2.40. The molecule has 1 saturated carbocycles. The Hall–Kier alpha value is -1.35. The number of hydrogen-bond acceptors (Lipinski definition) is 2. The minimum absolute atomic E-state index is 0.0144. The van der Waals surface area contributed by atoms with Crippen LogP contribution in [0.3, 0.4) is 0 Å². The van der Waals surface area contributed by atoms with Gasteiger partial charge in [-0.15, -0.1) is 0 Å². The molecule has 0 aromatic heterocycles. The maximum atomic E-state index is 12.0. The van der Waals surface area contributed by atoms with Crippen molar-refractivity contribution >= 4 is 11.6 Å². The molecule has 2 aliphatic heterocycles. The van der Waals surface area contributed by atoms with Crippen molar-refractivity contribution in [2.24, 2.45) is 0 Å². The number of amides is 1. The van der Waals surface area contributed by atoms with Crippen LogP contribution in [0, 0.1) is 0 Å².